The van der Waals surface area contributed by atoms with Crippen LogP contribution in [-0.4, -0.2) is 16.7 Å². The zero-order valence-electron chi connectivity index (χ0n) is 6.83. The van der Waals surface area contributed by atoms with Crippen LogP contribution in [0.15, 0.2) is 22.6 Å². The summed E-state index contributed by atoms with van der Waals surface area (Å²) in [4.78, 5) is 4.05. The number of benzene rings is 1. The predicted molar refractivity (Wildman–Crippen MR) is 44.8 cm³/mol. The highest BCUT2D eigenvalue weighted by atomic mass is 19.1. The average molecular weight is 181 g/mol. The first-order valence-electron chi connectivity index (χ1n) is 3.95. The quantitative estimate of drug-likeness (QED) is 0.763. The number of fused-ring (bicyclic) bond motifs is 1. The zero-order chi connectivity index (χ0) is 9.26. The molecule has 0 aliphatic carbocycles. The van der Waals surface area contributed by atoms with Gasteiger partial charge in [0.2, 0.25) is 0 Å². The van der Waals surface area contributed by atoms with E-state index in [0.29, 0.717) is 23.4 Å². The second-order valence-electron chi connectivity index (χ2n) is 2.69. The molecule has 3 nitrogen and oxygen atoms in total. The van der Waals surface area contributed by atoms with Crippen molar-refractivity contribution in [2.75, 3.05) is 6.61 Å². The lowest BCUT2D eigenvalue weighted by atomic mass is 10.3. The van der Waals surface area contributed by atoms with Crippen molar-refractivity contribution in [2.45, 2.75) is 6.42 Å². The molecule has 0 bridgehead atoms. The van der Waals surface area contributed by atoms with Gasteiger partial charge < -0.3 is 9.52 Å². The molecule has 0 aliphatic heterocycles. The van der Waals surface area contributed by atoms with E-state index in [1.165, 1.54) is 12.1 Å². The van der Waals surface area contributed by atoms with Crippen LogP contribution in [0.3, 0.4) is 0 Å². The van der Waals surface area contributed by atoms with Gasteiger partial charge in [0.1, 0.15) is 11.3 Å². The Kier molecular flexibility index (Phi) is 1.98. The van der Waals surface area contributed by atoms with Crippen molar-refractivity contribution >= 4 is 11.1 Å². The second kappa shape index (κ2) is 3.14. The van der Waals surface area contributed by atoms with Crippen LogP contribution in [0.1, 0.15) is 5.89 Å². The van der Waals surface area contributed by atoms with Gasteiger partial charge in [-0.1, -0.05) is 0 Å². The summed E-state index contributed by atoms with van der Waals surface area (Å²) in [6.45, 7) is -0.0185. The minimum Gasteiger partial charge on any atom is -0.441 e. The number of hydrogen-bond acceptors (Lipinski definition) is 3. The van der Waals surface area contributed by atoms with Gasteiger partial charge in [-0.25, -0.2) is 9.37 Å². The summed E-state index contributed by atoms with van der Waals surface area (Å²) in [5.41, 5.74) is 1.04. The summed E-state index contributed by atoms with van der Waals surface area (Å²) < 4.78 is 17.9. The van der Waals surface area contributed by atoms with Gasteiger partial charge in [-0.15, -0.1) is 0 Å². The molecule has 1 heterocycles. The molecule has 68 valence electrons. The number of aliphatic hydroxyl groups excluding tert-OH is 1. The number of aliphatic hydroxyl groups is 1. The number of rotatable bonds is 2. The summed E-state index contributed by atoms with van der Waals surface area (Å²) in [5.74, 6) is 0.0855. The summed E-state index contributed by atoms with van der Waals surface area (Å²) in [5, 5.41) is 8.63. The van der Waals surface area contributed by atoms with Crippen molar-refractivity contribution < 1.29 is 13.9 Å². The van der Waals surface area contributed by atoms with E-state index in [-0.39, 0.29) is 12.4 Å². The SMILES string of the molecule is OCCc1nc2ccc(F)cc2o1. The van der Waals surface area contributed by atoms with Crippen LogP contribution >= 0.6 is 0 Å². The summed E-state index contributed by atoms with van der Waals surface area (Å²) in [7, 11) is 0. The lowest BCUT2D eigenvalue weighted by molar-refractivity contribution is 0.287. The van der Waals surface area contributed by atoms with Crippen molar-refractivity contribution in [2.24, 2.45) is 0 Å². The maximum Gasteiger partial charge on any atom is 0.197 e. The Labute approximate surface area is 73.8 Å². The lowest BCUT2D eigenvalue weighted by Gasteiger charge is -1.86. The maximum absolute atomic E-state index is 12.7. The van der Waals surface area contributed by atoms with E-state index in [0.717, 1.165) is 0 Å². The Morgan fingerprint density at radius 1 is 1.46 bits per heavy atom. The molecule has 1 aromatic heterocycles. The summed E-state index contributed by atoms with van der Waals surface area (Å²) >= 11 is 0. The molecule has 0 aliphatic rings. The van der Waals surface area contributed by atoms with Crippen molar-refractivity contribution in [3.8, 4) is 0 Å². The van der Waals surface area contributed by atoms with E-state index >= 15 is 0 Å². The highest BCUT2D eigenvalue weighted by molar-refractivity contribution is 5.72. The average Bonchev–Trinajstić information content (AvgIpc) is 2.46. The van der Waals surface area contributed by atoms with Gasteiger partial charge in [0, 0.05) is 12.5 Å². The van der Waals surface area contributed by atoms with Crippen LogP contribution in [0.25, 0.3) is 11.1 Å². The standard InChI is InChI=1S/C9H8FNO2/c10-6-1-2-7-8(5-6)13-9(11-7)3-4-12/h1-2,5,12H,3-4H2. The zero-order valence-corrected chi connectivity index (χ0v) is 6.83. The third-order valence-corrected chi connectivity index (χ3v) is 1.72. The van der Waals surface area contributed by atoms with Crippen LogP contribution in [-0.2, 0) is 6.42 Å². The number of halogens is 1. The van der Waals surface area contributed by atoms with Gasteiger partial charge in [-0.3, -0.25) is 0 Å². The predicted octanol–water partition coefficient (Wildman–Crippen LogP) is 1.50. The number of nitrogens with zero attached hydrogens (tertiary/aromatic N) is 1. The number of oxazole rings is 1. The highest BCUT2D eigenvalue weighted by Crippen LogP contribution is 2.16. The van der Waals surface area contributed by atoms with E-state index in [9.17, 15) is 4.39 Å². The Hall–Kier alpha value is -1.42. The van der Waals surface area contributed by atoms with E-state index in [1.807, 2.05) is 0 Å². The fourth-order valence-electron chi connectivity index (χ4n) is 1.15. The van der Waals surface area contributed by atoms with Gasteiger partial charge in [0.25, 0.3) is 0 Å². The number of aromatic nitrogens is 1. The Morgan fingerprint density at radius 3 is 3.08 bits per heavy atom. The Morgan fingerprint density at radius 2 is 2.31 bits per heavy atom. The highest BCUT2D eigenvalue weighted by Gasteiger charge is 2.05. The summed E-state index contributed by atoms with van der Waals surface area (Å²) in [6, 6.07) is 4.16. The molecule has 1 aromatic carbocycles. The van der Waals surface area contributed by atoms with E-state index in [4.69, 9.17) is 9.52 Å². The van der Waals surface area contributed by atoms with Gasteiger partial charge >= 0.3 is 0 Å². The van der Waals surface area contributed by atoms with Crippen molar-refractivity contribution in [1.29, 1.82) is 0 Å². The maximum atomic E-state index is 12.7. The van der Waals surface area contributed by atoms with E-state index < -0.39 is 0 Å². The first-order chi connectivity index (χ1) is 6.29. The minimum atomic E-state index is -0.348. The monoisotopic (exact) mass is 181 g/mol. The van der Waals surface area contributed by atoms with Crippen molar-refractivity contribution in [1.82, 2.24) is 4.98 Å². The van der Waals surface area contributed by atoms with E-state index in [1.54, 1.807) is 6.07 Å². The largest absolute Gasteiger partial charge is 0.441 e. The normalized spacial score (nSPS) is 10.9. The van der Waals surface area contributed by atoms with Gasteiger partial charge in [-0.05, 0) is 12.1 Å². The van der Waals surface area contributed by atoms with Gasteiger partial charge in [-0.2, -0.15) is 0 Å². The molecular formula is C9H8FNO2. The van der Waals surface area contributed by atoms with Gasteiger partial charge in [0.05, 0.1) is 6.61 Å². The first-order valence-corrected chi connectivity index (χ1v) is 3.95. The number of hydrogen-bond donors (Lipinski definition) is 1. The van der Waals surface area contributed by atoms with Crippen molar-refractivity contribution in [3.05, 3.63) is 29.9 Å². The smallest absolute Gasteiger partial charge is 0.197 e. The van der Waals surface area contributed by atoms with Crippen LogP contribution in [0.2, 0.25) is 0 Å². The molecule has 0 amide bonds. The molecule has 0 spiro atoms. The Balaban J connectivity index is 2.49. The third kappa shape index (κ3) is 1.53. The molecule has 2 rings (SSSR count). The van der Waals surface area contributed by atoms with Crippen LogP contribution in [0, 0.1) is 5.82 Å². The molecule has 0 radical (unpaired) electrons. The first kappa shape index (κ1) is 8.19. The topological polar surface area (TPSA) is 46.3 Å². The fraction of sp³-hybridized carbons (Fsp3) is 0.222. The molecule has 0 saturated carbocycles. The molecule has 13 heavy (non-hydrogen) atoms. The van der Waals surface area contributed by atoms with Crippen LogP contribution in [0.5, 0.6) is 0 Å². The van der Waals surface area contributed by atoms with Crippen LogP contribution in [0.4, 0.5) is 4.39 Å². The second-order valence-corrected chi connectivity index (χ2v) is 2.69. The molecule has 0 fully saturated rings. The summed E-state index contributed by atoms with van der Waals surface area (Å²) in [6.07, 6.45) is 0.357. The van der Waals surface area contributed by atoms with Crippen LogP contribution < -0.4 is 0 Å². The molecule has 0 saturated heterocycles. The molecule has 0 atom stereocenters. The van der Waals surface area contributed by atoms with E-state index in [2.05, 4.69) is 4.98 Å². The van der Waals surface area contributed by atoms with Crippen molar-refractivity contribution in [3.63, 3.8) is 0 Å². The lowest BCUT2D eigenvalue weighted by Crippen LogP contribution is -1.88. The molecular weight excluding hydrogens is 173 g/mol. The fourth-order valence-corrected chi connectivity index (χ4v) is 1.15. The molecule has 0 unspecified atom stereocenters. The molecule has 1 N–H and O–H groups in total. The van der Waals surface area contributed by atoms with Gasteiger partial charge in [0.15, 0.2) is 11.5 Å². The molecule has 4 heteroatoms. The third-order valence-electron chi connectivity index (χ3n) is 1.72. The minimum absolute atomic E-state index is 0.0185. The molecule has 2 aromatic rings. The Bertz CT molecular complexity index is 424.